The highest BCUT2D eigenvalue weighted by Gasteiger charge is 2.54. The average molecular weight is 776 g/mol. The van der Waals surface area contributed by atoms with Gasteiger partial charge in [0.1, 0.15) is 23.6 Å². The molecule has 4 N–H and O–H groups in total. The number of nitrogens with zero attached hydrogens (tertiary/aromatic N) is 1. The summed E-state index contributed by atoms with van der Waals surface area (Å²) in [7, 11) is 5.19. The molecule has 314 valence electrons. The lowest BCUT2D eigenvalue weighted by atomic mass is 9.74. The van der Waals surface area contributed by atoms with E-state index in [4.69, 9.17) is 33.2 Å². The minimum absolute atomic E-state index is 0.0755. The Kier molecular flexibility index (Phi) is 15.7. The average Bonchev–Trinajstić information content (AvgIpc) is 3.08. The van der Waals surface area contributed by atoms with Crippen LogP contribution >= 0.6 is 0 Å². The summed E-state index contributed by atoms with van der Waals surface area (Å²) in [5.74, 6) is -5.68. The number of rotatable bonds is 8. The third-order valence-electron chi connectivity index (χ3n) is 12.1. The maximum absolute atomic E-state index is 14.2. The fraction of sp³-hybridized carbons (Fsp3) is 0.923. The largest absolute Gasteiger partial charge is 0.459 e. The van der Waals surface area contributed by atoms with Crippen LogP contribution in [0.5, 0.6) is 0 Å². The van der Waals surface area contributed by atoms with Crippen molar-refractivity contribution >= 4 is 17.7 Å². The van der Waals surface area contributed by atoms with Gasteiger partial charge >= 0.3 is 11.9 Å². The number of aliphatic hydroxyl groups is 4. The monoisotopic (exact) mass is 775 g/mol. The van der Waals surface area contributed by atoms with Crippen LogP contribution in [0, 0.1) is 23.7 Å². The standard InChI is InChI=1S/C39H69NO14/c1-15-27-39(11,47)32(43)21(4)29(42)19(2)17-37(9,46)34(54-36-31(51-25(8)41)26(40(12)13)16-20(3)49-36)22(5)30(23(6)35(45)52-27)53-28-18-38(10,48-14)33(44)24(7)50-28/h19-24,26-28,30-34,36,43-44,46-47H,15-18H2,1-14H3/t19-,20-,21+,22+,23-,24+,26+,27-,28+,30+,31-,32-,33+,34-,36+,37-,38-,39-/m1/s1. The molecule has 15 heteroatoms. The molecule has 3 rings (SSSR count). The quantitative estimate of drug-likeness (QED) is 0.262. The summed E-state index contributed by atoms with van der Waals surface area (Å²) in [5.41, 5.74) is -4.92. The third-order valence-corrected chi connectivity index (χ3v) is 12.1. The van der Waals surface area contributed by atoms with Gasteiger partial charge in [-0.2, -0.15) is 0 Å². The molecule has 0 unspecified atom stereocenters. The summed E-state index contributed by atoms with van der Waals surface area (Å²) in [5, 5.41) is 46.5. The number of likely N-dealkylation sites (N-methyl/N-ethyl adjacent to an activating group) is 1. The van der Waals surface area contributed by atoms with Crippen molar-refractivity contribution in [2.45, 2.75) is 186 Å². The topological polar surface area (TPSA) is 200 Å². The maximum Gasteiger partial charge on any atom is 0.311 e. The molecule has 3 saturated heterocycles. The third kappa shape index (κ3) is 10.2. The fourth-order valence-corrected chi connectivity index (χ4v) is 8.71. The number of methoxy groups -OCH3 is 1. The molecule has 0 amide bonds. The molecule has 0 saturated carbocycles. The van der Waals surface area contributed by atoms with Gasteiger partial charge in [0.2, 0.25) is 0 Å². The van der Waals surface area contributed by atoms with Crippen molar-refractivity contribution in [2.24, 2.45) is 23.7 Å². The Morgan fingerprint density at radius 3 is 2.06 bits per heavy atom. The normalized spacial score (nSPS) is 47.5. The zero-order valence-electron chi connectivity index (χ0n) is 34.8. The van der Waals surface area contributed by atoms with Gasteiger partial charge in [0.25, 0.3) is 0 Å². The highest BCUT2D eigenvalue weighted by Crippen LogP contribution is 2.41. The van der Waals surface area contributed by atoms with Crippen molar-refractivity contribution in [1.82, 2.24) is 4.90 Å². The zero-order valence-corrected chi connectivity index (χ0v) is 34.8. The first kappa shape index (κ1) is 46.6. The van der Waals surface area contributed by atoms with Crippen LogP contribution in [0.3, 0.4) is 0 Å². The summed E-state index contributed by atoms with van der Waals surface area (Å²) >= 11 is 0. The van der Waals surface area contributed by atoms with Crippen LogP contribution in [0.1, 0.15) is 102 Å². The Bertz CT molecular complexity index is 1280. The van der Waals surface area contributed by atoms with Crippen molar-refractivity contribution in [3.05, 3.63) is 0 Å². The van der Waals surface area contributed by atoms with Crippen molar-refractivity contribution in [3.63, 3.8) is 0 Å². The second-order valence-corrected chi connectivity index (χ2v) is 17.1. The van der Waals surface area contributed by atoms with E-state index < -0.39 is 114 Å². The zero-order chi connectivity index (χ0) is 41.2. The van der Waals surface area contributed by atoms with Gasteiger partial charge in [0.05, 0.1) is 53.7 Å². The predicted molar refractivity (Wildman–Crippen MR) is 196 cm³/mol. The Hall–Kier alpha value is -1.79. The molecule has 18 atom stereocenters. The van der Waals surface area contributed by atoms with Crippen LogP contribution in [0.15, 0.2) is 0 Å². The van der Waals surface area contributed by atoms with Gasteiger partial charge in [-0.05, 0) is 74.9 Å². The van der Waals surface area contributed by atoms with Gasteiger partial charge in [-0.25, -0.2) is 0 Å². The van der Waals surface area contributed by atoms with Crippen LogP contribution in [-0.2, 0) is 47.5 Å². The van der Waals surface area contributed by atoms with Crippen molar-refractivity contribution in [3.8, 4) is 0 Å². The molecule has 54 heavy (non-hydrogen) atoms. The first-order valence-corrected chi connectivity index (χ1v) is 19.4. The van der Waals surface area contributed by atoms with Gasteiger partial charge in [-0.1, -0.05) is 27.7 Å². The molecule has 3 aliphatic heterocycles. The highest BCUT2D eigenvalue weighted by atomic mass is 16.7. The van der Waals surface area contributed by atoms with E-state index >= 15 is 0 Å². The van der Waals surface area contributed by atoms with Crippen LogP contribution in [-0.4, -0.2) is 149 Å². The Balaban J connectivity index is 2.23. The number of carbonyl (C=O) groups is 3. The summed E-state index contributed by atoms with van der Waals surface area (Å²) in [6.07, 6.45) is -9.80. The number of aliphatic hydroxyl groups excluding tert-OH is 2. The van der Waals surface area contributed by atoms with Gasteiger partial charge in [0.15, 0.2) is 18.7 Å². The number of esters is 2. The molecular weight excluding hydrogens is 706 g/mol. The molecule has 3 heterocycles. The Labute approximate surface area is 321 Å². The van der Waals surface area contributed by atoms with Crippen LogP contribution in [0.25, 0.3) is 0 Å². The predicted octanol–water partition coefficient (Wildman–Crippen LogP) is 2.36. The molecule has 0 aliphatic carbocycles. The van der Waals surface area contributed by atoms with Crippen LogP contribution in [0.2, 0.25) is 0 Å². The molecule has 0 radical (unpaired) electrons. The minimum atomic E-state index is -2.01. The highest BCUT2D eigenvalue weighted by molar-refractivity contribution is 5.83. The first-order chi connectivity index (χ1) is 24.8. The second-order valence-electron chi connectivity index (χ2n) is 17.1. The molecule has 0 spiro atoms. The number of Topliss-reactive ketones (excluding diaryl/α,β-unsaturated/α-hetero) is 1. The van der Waals surface area contributed by atoms with Crippen LogP contribution < -0.4 is 0 Å². The number of hydrogen-bond acceptors (Lipinski definition) is 15. The van der Waals surface area contributed by atoms with Crippen molar-refractivity contribution in [2.75, 3.05) is 21.2 Å². The summed E-state index contributed by atoms with van der Waals surface area (Å²) in [4.78, 5) is 42.4. The van der Waals surface area contributed by atoms with E-state index in [-0.39, 0.29) is 31.4 Å². The second kappa shape index (κ2) is 18.2. The molecule has 3 fully saturated rings. The van der Waals surface area contributed by atoms with Gasteiger partial charge in [-0.3, -0.25) is 14.4 Å². The smallest absolute Gasteiger partial charge is 0.311 e. The number of cyclic esters (lactones) is 1. The molecule has 3 aliphatic rings. The molecular formula is C39H69NO14. The lowest BCUT2D eigenvalue weighted by molar-refractivity contribution is -0.318. The Morgan fingerprint density at radius 1 is 0.907 bits per heavy atom. The SMILES string of the molecule is CC[C@H]1OC(=O)[C@H](C)[C@@H](O[C@H]2C[C@@](C)(OC)[C@@H](O)[C@H](C)O2)[C@H](C)[C@@H](O[C@@H]2O[C@H](C)C[C@H](N(C)C)[C@H]2OC(C)=O)[C@](C)(O)C[C@@H](C)C(=O)[C@H](C)[C@@H](O)[C@]1(C)O. The fourth-order valence-electron chi connectivity index (χ4n) is 8.71. The first-order valence-electron chi connectivity index (χ1n) is 19.4. The van der Waals surface area contributed by atoms with Gasteiger partial charge in [-0.15, -0.1) is 0 Å². The molecule has 0 aromatic carbocycles. The Morgan fingerprint density at radius 2 is 1.52 bits per heavy atom. The lowest BCUT2D eigenvalue weighted by Gasteiger charge is -2.49. The summed E-state index contributed by atoms with van der Waals surface area (Å²) in [6, 6.07) is -0.320. The molecule has 0 aromatic heterocycles. The lowest BCUT2D eigenvalue weighted by Crippen LogP contribution is -2.61. The molecule has 0 bridgehead atoms. The maximum atomic E-state index is 14.2. The minimum Gasteiger partial charge on any atom is -0.459 e. The number of ketones is 1. The van der Waals surface area contributed by atoms with E-state index in [1.165, 1.54) is 34.8 Å². The van der Waals surface area contributed by atoms with E-state index in [1.54, 1.807) is 41.5 Å². The number of carbonyl (C=O) groups excluding carboxylic acids is 3. The van der Waals surface area contributed by atoms with Gasteiger partial charge < -0.3 is 58.5 Å². The number of hydrogen-bond donors (Lipinski definition) is 4. The van der Waals surface area contributed by atoms with Crippen molar-refractivity contribution in [1.29, 1.82) is 0 Å². The summed E-state index contributed by atoms with van der Waals surface area (Å²) in [6.45, 7) is 17.6. The van der Waals surface area contributed by atoms with E-state index in [9.17, 15) is 34.8 Å². The van der Waals surface area contributed by atoms with E-state index in [1.807, 2.05) is 25.9 Å². The van der Waals surface area contributed by atoms with E-state index in [0.29, 0.717) is 6.42 Å². The van der Waals surface area contributed by atoms with E-state index in [0.717, 1.165) is 0 Å². The molecule has 15 nitrogen and oxygen atoms in total. The van der Waals surface area contributed by atoms with Crippen LogP contribution in [0.4, 0.5) is 0 Å². The van der Waals surface area contributed by atoms with E-state index in [2.05, 4.69) is 0 Å². The number of ether oxygens (including phenoxy) is 7. The van der Waals surface area contributed by atoms with Gasteiger partial charge in [0, 0.05) is 38.2 Å². The van der Waals surface area contributed by atoms with Crippen molar-refractivity contribution < 1.29 is 68.0 Å². The summed E-state index contributed by atoms with van der Waals surface area (Å²) < 4.78 is 43.3. The molecule has 0 aromatic rings.